The van der Waals surface area contributed by atoms with Crippen molar-refractivity contribution in [2.75, 3.05) is 0 Å². The van der Waals surface area contributed by atoms with Gasteiger partial charge in [-0.3, -0.25) is 0 Å². The maximum atomic E-state index is 2.63. The van der Waals surface area contributed by atoms with E-state index in [0.29, 0.717) is 0 Å². The Morgan fingerprint density at radius 2 is 1.33 bits per heavy atom. The van der Waals surface area contributed by atoms with E-state index < -0.39 is 14.7 Å². The van der Waals surface area contributed by atoms with Crippen molar-refractivity contribution in [3.63, 3.8) is 0 Å². The molecule has 0 fully saturated rings. The molecule has 1 rings (SSSR count). The van der Waals surface area contributed by atoms with Gasteiger partial charge in [0.1, 0.15) is 0 Å². The van der Waals surface area contributed by atoms with Gasteiger partial charge in [0.2, 0.25) is 0 Å². The summed E-state index contributed by atoms with van der Waals surface area (Å²) in [6, 6.07) is 11.3. The summed E-state index contributed by atoms with van der Waals surface area (Å²) in [5.41, 5.74) is 0. The van der Waals surface area contributed by atoms with Gasteiger partial charge in [-0.25, -0.2) is 0 Å². The van der Waals surface area contributed by atoms with Crippen LogP contribution in [0.3, 0.4) is 0 Å². The van der Waals surface area contributed by atoms with Crippen molar-refractivity contribution in [1.82, 2.24) is 0 Å². The van der Waals surface area contributed by atoms with Crippen LogP contribution in [0, 0.1) is 0 Å². The quantitative estimate of drug-likeness (QED) is 0.724. The number of hydrogen-bond acceptors (Lipinski definition) is 0. The van der Waals surface area contributed by atoms with Crippen molar-refractivity contribution >= 4 is 28.2 Å². The van der Waals surface area contributed by atoms with Crippen LogP contribution in [-0.4, -0.2) is 23.0 Å². The van der Waals surface area contributed by atoms with Gasteiger partial charge in [0.15, 0.2) is 0 Å². The Labute approximate surface area is 97.9 Å². The molecule has 3 heteroatoms. The van der Waals surface area contributed by atoms with Gasteiger partial charge in [0.05, 0.1) is 7.11 Å². The molecule has 0 aromatic heterocycles. The lowest BCUT2D eigenvalue weighted by Gasteiger charge is -2.42. The second kappa shape index (κ2) is 4.39. The SMILES string of the molecule is C[Si](C)[Si](C)(c1ccccc1)[Si](C)(C)C. The van der Waals surface area contributed by atoms with Crippen LogP contribution in [-0.2, 0) is 0 Å². The van der Waals surface area contributed by atoms with Crippen molar-refractivity contribution < 1.29 is 0 Å². The molecular weight excluding hydrogens is 228 g/mol. The van der Waals surface area contributed by atoms with Gasteiger partial charge < -0.3 is 0 Å². The van der Waals surface area contributed by atoms with E-state index in [2.05, 4.69) is 69.6 Å². The van der Waals surface area contributed by atoms with Crippen LogP contribution in [0.25, 0.3) is 0 Å². The zero-order valence-electron chi connectivity index (χ0n) is 10.9. The molecule has 0 saturated carbocycles. The molecule has 0 nitrogen and oxygen atoms in total. The first kappa shape index (κ1) is 12.9. The summed E-state index contributed by atoms with van der Waals surface area (Å²) < 4.78 is 0. The molecule has 0 saturated heterocycles. The van der Waals surface area contributed by atoms with Crippen LogP contribution in [0.1, 0.15) is 0 Å². The Bertz CT molecular complexity index is 313. The maximum Gasteiger partial charge on any atom is 0.0682 e. The average molecular weight is 252 g/mol. The molecule has 1 aromatic carbocycles. The number of benzene rings is 1. The third-order valence-electron chi connectivity index (χ3n) is 3.85. The predicted octanol–water partition coefficient (Wildman–Crippen LogP) is 3.22. The molecule has 1 atom stereocenters. The summed E-state index contributed by atoms with van der Waals surface area (Å²) >= 11 is 0. The van der Waals surface area contributed by atoms with E-state index in [0.717, 1.165) is 0 Å². The van der Waals surface area contributed by atoms with E-state index in [1.165, 1.54) is 0 Å². The summed E-state index contributed by atoms with van der Waals surface area (Å²) in [7, 11) is -2.37. The smallest absolute Gasteiger partial charge is 0.0682 e. The largest absolute Gasteiger partial charge is 0.0732 e. The molecule has 1 aromatic rings. The summed E-state index contributed by atoms with van der Waals surface area (Å²) in [6.07, 6.45) is 0. The Kier molecular flexibility index (Phi) is 3.79. The van der Waals surface area contributed by atoms with Gasteiger partial charge in [0, 0.05) is 15.9 Å². The molecule has 0 aliphatic rings. The summed E-state index contributed by atoms with van der Waals surface area (Å²) in [6.45, 7) is 15.3. The van der Waals surface area contributed by atoms with Gasteiger partial charge in [-0.05, 0) is 0 Å². The zero-order chi connectivity index (χ0) is 11.7. The van der Waals surface area contributed by atoms with Crippen molar-refractivity contribution in [2.24, 2.45) is 0 Å². The van der Waals surface area contributed by atoms with Crippen molar-refractivity contribution in [2.45, 2.75) is 39.3 Å². The third-order valence-corrected chi connectivity index (χ3v) is 38.3. The van der Waals surface area contributed by atoms with E-state index in [1.807, 2.05) is 0 Å². The Morgan fingerprint density at radius 1 is 0.867 bits per heavy atom. The third kappa shape index (κ3) is 2.34. The van der Waals surface area contributed by atoms with Crippen LogP contribution in [0.4, 0.5) is 0 Å². The number of rotatable bonds is 3. The average Bonchev–Trinajstić information content (AvgIpc) is 2.16. The molecular formula is C12H23Si3. The minimum Gasteiger partial charge on any atom is -0.0732 e. The molecule has 0 spiro atoms. The van der Waals surface area contributed by atoms with Gasteiger partial charge in [0.25, 0.3) is 0 Å². The lowest BCUT2D eigenvalue weighted by atomic mass is 10.4. The fraction of sp³-hybridized carbons (Fsp3) is 0.500. The standard InChI is InChI=1S/C12H23Si3/c1-13(2)15(6,14(3,4)5)12-10-8-7-9-11-12/h7-11H,1-6H3. The molecule has 0 N–H and O–H groups in total. The highest BCUT2D eigenvalue weighted by Gasteiger charge is 2.45. The maximum absolute atomic E-state index is 2.63. The molecule has 1 unspecified atom stereocenters. The first-order valence-electron chi connectivity index (χ1n) is 5.66. The summed E-state index contributed by atoms with van der Waals surface area (Å²) in [5.74, 6) is 0. The van der Waals surface area contributed by atoms with E-state index in [1.54, 1.807) is 5.19 Å². The van der Waals surface area contributed by atoms with E-state index in [9.17, 15) is 0 Å². The second-order valence-corrected chi connectivity index (χ2v) is 30.1. The van der Waals surface area contributed by atoms with E-state index in [4.69, 9.17) is 0 Å². The highest BCUT2D eigenvalue weighted by Crippen LogP contribution is 2.21. The molecule has 83 valence electrons. The number of hydrogen-bond donors (Lipinski definition) is 0. The van der Waals surface area contributed by atoms with Gasteiger partial charge in [-0.2, -0.15) is 0 Å². The van der Waals surface area contributed by atoms with Gasteiger partial charge in [-0.15, -0.1) is 0 Å². The zero-order valence-corrected chi connectivity index (χ0v) is 13.9. The Hall–Kier alpha value is -0.129. The molecule has 0 amide bonds. The first-order chi connectivity index (χ1) is 6.80. The summed E-state index contributed by atoms with van der Waals surface area (Å²) in [4.78, 5) is 0. The van der Waals surface area contributed by atoms with E-state index >= 15 is 0 Å². The molecule has 0 aliphatic carbocycles. The van der Waals surface area contributed by atoms with Crippen LogP contribution in [0.15, 0.2) is 30.3 Å². The fourth-order valence-corrected chi connectivity index (χ4v) is 29.4. The predicted molar refractivity (Wildman–Crippen MR) is 78.5 cm³/mol. The van der Waals surface area contributed by atoms with Crippen LogP contribution in [0.2, 0.25) is 39.3 Å². The molecule has 1 radical (unpaired) electrons. The van der Waals surface area contributed by atoms with Gasteiger partial charge in [-0.1, -0.05) is 74.8 Å². The van der Waals surface area contributed by atoms with Crippen molar-refractivity contribution in [1.29, 1.82) is 0 Å². The van der Waals surface area contributed by atoms with Gasteiger partial charge >= 0.3 is 0 Å². The van der Waals surface area contributed by atoms with Crippen molar-refractivity contribution in [3.05, 3.63) is 30.3 Å². The highest BCUT2D eigenvalue weighted by molar-refractivity contribution is 7.68. The van der Waals surface area contributed by atoms with E-state index in [-0.39, 0.29) is 8.31 Å². The Morgan fingerprint density at radius 3 is 1.67 bits per heavy atom. The molecule has 0 heterocycles. The Balaban J connectivity index is 3.26. The fourth-order valence-electron chi connectivity index (χ4n) is 2.24. The normalized spacial score (nSPS) is 16.5. The van der Waals surface area contributed by atoms with Crippen LogP contribution >= 0.6 is 0 Å². The lowest BCUT2D eigenvalue weighted by molar-refractivity contribution is 1.72. The monoisotopic (exact) mass is 251 g/mol. The minimum absolute atomic E-state index is 0.181. The van der Waals surface area contributed by atoms with Crippen LogP contribution < -0.4 is 5.19 Å². The van der Waals surface area contributed by atoms with Crippen LogP contribution in [0.5, 0.6) is 0 Å². The topological polar surface area (TPSA) is 0 Å². The molecule has 15 heavy (non-hydrogen) atoms. The minimum atomic E-state index is -1.16. The first-order valence-corrected chi connectivity index (χ1v) is 16.2. The molecule has 0 bridgehead atoms. The summed E-state index contributed by atoms with van der Waals surface area (Å²) in [5, 5.41) is 1.70. The molecule has 0 aliphatic heterocycles. The van der Waals surface area contributed by atoms with Crippen molar-refractivity contribution in [3.8, 4) is 0 Å². The second-order valence-electron chi connectivity index (χ2n) is 5.74. The lowest BCUT2D eigenvalue weighted by Crippen LogP contribution is -2.71. The highest BCUT2D eigenvalue weighted by atomic mass is 29.6.